The summed E-state index contributed by atoms with van der Waals surface area (Å²) in [6, 6.07) is 17.3. The van der Waals surface area contributed by atoms with Crippen LogP contribution in [0.3, 0.4) is 0 Å². The molecular weight excluding hydrogens is 529 g/mol. The third-order valence-electron chi connectivity index (χ3n) is 4.78. The number of thioether (sulfide) groups is 1. The van der Waals surface area contributed by atoms with E-state index in [4.69, 9.17) is 39.5 Å². The molecule has 3 aromatic carbocycles. The molecule has 2 amide bonds. The Kier molecular flexibility index (Phi) is 8.03. The van der Waals surface area contributed by atoms with Gasteiger partial charge in [0.25, 0.3) is 11.8 Å². The highest BCUT2D eigenvalue weighted by atomic mass is 35.5. The maximum absolute atomic E-state index is 12.3. The zero-order chi connectivity index (χ0) is 24.9. The van der Waals surface area contributed by atoms with E-state index in [1.54, 1.807) is 60.7 Å². The van der Waals surface area contributed by atoms with Gasteiger partial charge in [-0.15, -0.1) is 0 Å². The number of ether oxygens (including phenoxy) is 1. The molecule has 2 N–H and O–H groups in total. The lowest BCUT2D eigenvalue weighted by Gasteiger charge is -2.10. The van der Waals surface area contributed by atoms with Crippen molar-refractivity contribution in [2.75, 3.05) is 11.9 Å². The summed E-state index contributed by atoms with van der Waals surface area (Å²) < 4.78 is 5.55. The van der Waals surface area contributed by atoms with Gasteiger partial charge in [-0.3, -0.25) is 9.59 Å². The summed E-state index contributed by atoms with van der Waals surface area (Å²) in [7, 11) is 0. The van der Waals surface area contributed by atoms with Crippen LogP contribution in [0.2, 0.25) is 15.1 Å². The first-order valence-corrected chi connectivity index (χ1v) is 12.3. The molecule has 0 saturated carbocycles. The maximum Gasteiger partial charge on any atom is 0.264 e. The summed E-state index contributed by atoms with van der Waals surface area (Å²) in [6.45, 7) is 1.65. The van der Waals surface area contributed by atoms with Gasteiger partial charge < -0.3 is 15.4 Å². The number of hydrogen-bond acceptors (Lipinski definition) is 5. The molecule has 3 aromatic rings. The molecule has 4 rings (SSSR count). The number of aliphatic imine (C=N–C) groups is 1. The van der Waals surface area contributed by atoms with Crippen molar-refractivity contribution in [1.29, 1.82) is 0 Å². The Morgan fingerprint density at radius 2 is 1.83 bits per heavy atom. The van der Waals surface area contributed by atoms with Crippen molar-refractivity contribution in [3.05, 3.63) is 91.8 Å². The molecule has 0 unspecified atom stereocenters. The first kappa shape index (κ1) is 25.1. The minimum absolute atomic E-state index is 0.228. The molecule has 35 heavy (non-hydrogen) atoms. The summed E-state index contributed by atoms with van der Waals surface area (Å²) >= 11 is 19.5. The fourth-order valence-corrected chi connectivity index (χ4v) is 4.39. The number of rotatable bonds is 6. The number of hydrogen-bond donors (Lipinski definition) is 2. The number of amides is 2. The highest BCUT2D eigenvalue weighted by molar-refractivity contribution is 8.18. The number of nitrogens with one attached hydrogen (secondary N) is 2. The van der Waals surface area contributed by atoms with Gasteiger partial charge in [0.1, 0.15) is 5.75 Å². The van der Waals surface area contributed by atoms with Crippen molar-refractivity contribution < 1.29 is 14.3 Å². The summed E-state index contributed by atoms with van der Waals surface area (Å²) in [5.41, 5.74) is 2.87. The van der Waals surface area contributed by atoms with Crippen LogP contribution < -0.4 is 15.4 Å². The minimum Gasteiger partial charge on any atom is -0.482 e. The Bertz CT molecular complexity index is 1360. The monoisotopic (exact) mass is 545 g/mol. The van der Waals surface area contributed by atoms with Crippen molar-refractivity contribution in [1.82, 2.24) is 5.32 Å². The number of anilines is 1. The molecular formula is C25H18Cl3N3O3S. The lowest BCUT2D eigenvalue weighted by Crippen LogP contribution is -2.20. The standard InChI is InChI=1S/C25H18Cl3N3O3S/c1-14-2-6-18(12-19(14)27)29-23(32)13-34-21-9-3-15(10-20(21)28)11-22-24(33)31-25(35-22)30-17-7-4-16(26)5-8-17/h2-12H,13H2,1H3,(H,29,32)(H,30,31,33)/b22-11-. The van der Waals surface area contributed by atoms with E-state index in [1.165, 1.54) is 11.8 Å². The van der Waals surface area contributed by atoms with Crippen LogP contribution in [0.1, 0.15) is 11.1 Å². The van der Waals surface area contributed by atoms with Crippen LogP contribution in [0.25, 0.3) is 6.08 Å². The van der Waals surface area contributed by atoms with E-state index in [2.05, 4.69) is 15.6 Å². The van der Waals surface area contributed by atoms with Crippen LogP contribution in [0.15, 0.2) is 70.6 Å². The number of carbonyl (C=O) groups excluding carboxylic acids is 2. The number of carbonyl (C=O) groups is 2. The van der Waals surface area contributed by atoms with E-state index in [9.17, 15) is 9.59 Å². The molecule has 0 radical (unpaired) electrons. The minimum atomic E-state index is -0.348. The molecule has 1 fully saturated rings. The summed E-state index contributed by atoms with van der Waals surface area (Å²) in [5, 5.41) is 7.41. The van der Waals surface area contributed by atoms with Crippen LogP contribution in [-0.2, 0) is 9.59 Å². The fraction of sp³-hybridized carbons (Fsp3) is 0.0800. The van der Waals surface area contributed by atoms with Gasteiger partial charge >= 0.3 is 0 Å². The van der Waals surface area contributed by atoms with Crippen molar-refractivity contribution >= 4 is 81.0 Å². The first-order valence-electron chi connectivity index (χ1n) is 10.3. The molecule has 6 nitrogen and oxygen atoms in total. The second-order valence-electron chi connectivity index (χ2n) is 7.45. The van der Waals surface area contributed by atoms with Gasteiger partial charge in [-0.05, 0) is 84.4 Å². The zero-order valence-corrected chi connectivity index (χ0v) is 21.4. The third kappa shape index (κ3) is 6.80. The van der Waals surface area contributed by atoms with Gasteiger partial charge in [0.05, 0.1) is 15.6 Å². The summed E-state index contributed by atoms with van der Waals surface area (Å²) in [5.74, 6) is -0.259. The molecule has 1 aliphatic heterocycles. The second-order valence-corrected chi connectivity index (χ2v) is 9.73. The number of aryl methyl sites for hydroxylation is 1. The normalized spacial score (nSPS) is 15.4. The maximum atomic E-state index is 12.3. The Hall–Kier alpha value is -2.97. The van der Waals surface area contributed by atoms with Gasteiger partial charge in [-0.2, -0.15) is 0 Å². The zero-order valence-electron chi connectivity index (χ0n) is 18.3. The average molecular weight is 547 g/mol. The quantitative estimate of drug-likeness (QED) is 0.331. The Labute approximate surface area is 221 Å². The van der Waals surface area contributed by atoms with Crippen molar-refractivity contribution in [3.63, 3.8) is 0 Å². The molecule has 0 spiro atoms. The van der Waals surface area contributed by atoms with E-state index in [0.717, 1.165) is 5.56 Å². The van der Waals surface area contributed by atoms with Crippen molar-refractivity contribution in [3.8, 4) is 5.75 Å². The third-order valence-corrected chi connectivity index (χ3v) is 6.64. The second kappa shape index (κ2) is 11.2. The molecule has 178 valence electrons. The van der Waals surface area contributed by atoms with E-state index in [1.807, 2.05) is 13.0 Å². The van der Waals surface area contributed by atoms with Gasteiger partial charge in [-0.25, -0.2) is 4.99 Å². The Balaban J connectivity index is 1.37. The Morgan fingerprint density at radius 1 is 1.06 bits per heavy atom. The lowest BCUT2D eigenvalue weighted by atomic mass is 10.2. The molecule has 0 atom stereocenters. The van der Waals surface area contributed by atoms with Gasteiger partial charge in [-0.1, -0.05) is 46.9 Å². The average Bonchev–Trinajstić information content (AvgIpc) is 3.15. The van der Waals surface area contributed by atoms with E-state index >= 15 is 0 Å². The van der Waals surface area contributed by atoms with Gasteiger partial charge in [0.2, 0.25) is 0 Å². The predicted octanol–water partition coefficient (Wildman–Crippen LogP) is 6.86. The van der Waals surface area contributed by atoms with Crippen LogP contribution in [0.4, 0.5) is 11.4 Å². The summed E-state index contributed by atoms with van der Waals surface area (Å²) in [6.07, 6.45) is 1.70. The Morgan fingerprint density at radius 3 is 2.54 bits per heavy atom. The van der Waals surface area contributed by atoms with Crippen molar-refractivity contribution in [2.24, 2.45) is 4.99 Å². The van der Waals surface area contributed by atoms with Crippen LogP contribution in [0.5, 0.6) is 5.75 Å². The number of halogens is 3. The highest BCUT2D eigenvalue weighted by Crippen LogP contribution is 2.31. The van der Waals surface area contributed by atoms with E-state index < -0.39 is 0 Å². The summed E-state index contributed by atoms with van der Waals surface area (Å²) in [4.78, 5) is 29.4. The molecule has 1 heterocycles. The molecule has 1 saturated heterocycles. The van der Waals surface area contributed by atoms with Crippen LogP contribution in [0, 0.1) is 6.92 Å². The van der Waals surface area contributed by atoms with Gasteiger partial charge in [0, 0.05) is 15.7 Å². The smallest absolute Gasteiger partial charge is 0.264 e. The largest absolute Gasteiger partial charge is 0.482 e. The topological polar surface area (TPSA) is 79.8 Å². The fourth-order valence-electron chi connectivity index (χ4n) is 3.00. The van der Waals surface area contributed by atoms with E-state index in [0.29, 0.717) is 47.8 Å². The van der Waals surface area contributed by atoms with Crippen LogP contribution in [-0.4, -0.2) is 23.6 Å². The molecule has 1 aliphatic rings. The SMILES string of the molecule is Cc1ccc(NC(=O)COc2ccc(/C=C3\SC(=Nc4ccc(Cl)cc4)NC3=O)cc2Cl)cc1Cl. The van der Waals surface area contributed by atoms with E-state index in [-0.39, 0.29) is 18.4 Å². The molecule has 10 heteroatoms. The molecule has 0 aliphatic carbocycles. The highest BCUT2D eigenvalue weighted by Gasteiger charge is 2.24. The predicted molar refractivity (Wildman–Crippen MR) is 144 cm³/mol. The number of nitrogens with zero attached hydrogens (tertiary/aromatic N) is 1. The number of benzene rings is 3. The van der Waals surface area contributed by atoms with Crippen molar-refractivity contribution in [2.45, 2.75) is 6.92 Å². The van der Waals surface area contributed by atoms with Gasteiger partial charge in [0.15, 0.2) is 11.8 Å². The molecule has 0 aromatic heterocycles. The lowest BCUT2D eigenvalue weighted by molar-refractivity contribution is -0.118. The molecule has 0 bridgehead atoms. The first-order chi connectivity index (χ1) is 16.8. The van der Waals surface area contributed by atoms with Crippen LogP contribution >= 0.6 is 46.6 Å². The number of amidine groups is 1.